The van der Waals surface area contributed by atoms with Crippen molar-refractivity contribution in [3.8, 4) is 0 Å². The minimum Gasteiger partial charge on any atom is -0.489 e. The van der Waals surface area contributed by atoms with Gasteiger partial charge in [-0.2, -0.15) is 0 Å². The second-order valence-electron chi connectivity index (χ2n) is 6.92. The van der Waals surface area contributed by atoms with Crippen LogP contribution >= 0.6 is 0 Å². The Morgan fingerprint density at radius 3 is 2.88 bits per heavy atom. The van der Waals surface area contributed by atoms with Crippen molar-refractivity contribution < 1.29 is 19.4 Å². The zero-order valence-corrected chi connectivity index (χ0v) is 14.9. The molecule has 0 aromatic carbocycles. The summed E-state index contributed by atoms with van der Waals surface area (Å²) in [5.74, 6) is 0.193. The zero-order valence-electron chi connectivity index (χ0n) is 14.9. The lowest BCUT2D eigenvalue weighted by molar-refractivity contribution is -0.141. The molecule has 2 aliphatic rings. The number of carbonyl (C=O) groups excluding carboxylic acids is 2. The van der Waals surface area contributed by atoms with Crippen molar-refractivity contribution in [3.05, 3.63) is 35.1 Å². The van der Waals surface area contributed by atoms with Crippen LogP contribution in [0.3, 0.4) is 0 Å². The first-order chi connectivity index (χ1) is 11.4. The van der Waals surface area contributed by atoms with E-state index in [2.05, 4.69) is 6.92 Å². The molecule has 1 heterocycles. The molecule has 0 radical (unpaired) electrons. The number of unbranched alkanes of at least 4 members (excludes halogenated alkanes) is 2. The molecule has 0 bridgehead atoms. The summed E-state index contributed by atoms with van der Waals surface area (Å²) in [6, 6.07) is 0. The lowest BCUT2D eigenvalue weighted by Crippen LogP contribution is -2.49. The maximum absolute atomic E-state index is 12.7. The normalized spacial score (nSPS) is 27.1. The Kier molecular flexibility index (Phi) is 6.16. The number of hydrogen-bond donors (Lipinski definition) is 1. The fourth-order valence-electron chi connectivity index (χ4n) is 3.38. The molecule has 132 valence electrons. The third-order valence-corrected chi connectivity index (χ3v) is 4.95. The lowest BCUT2D eigenvalue weighted by atomic mass is 9.70. The molecule has 4 heteroatoms. The fraction of sp³-hybridized carbons (Fsp3) is 0.600. The molecule has 0 unspecified atom stereocenters. The molecule has 0 saturated carbocycles. The molecule has 0 amide bonds. The number of hydrogen-bond acceptors (Lipinski definition) is 4. The van der Waals surface area contributed by atoms with Crippen LogP contribution in [0.1, 0.15) is 59.3 Å². The smallest absolute Gasteiger partial charge is 0.194 e. The van der Waals surface area contributed by atoms with Crippen LogP contribution in [0.25, 0.3) is 0 Å². The molecule has 1 N–H and O–H groups in total. The summed E-state index contributed by atoms with van der Waals surface area (Å²) in [6.45, 7) is 5.73. The van der Waals surface area contributed by atoms with Crippen LogP contribution in [-0.2, 0) is 14.3 Å². The summed E-state index contributed by atoms with van der Waals surface area (Å²) in [7, 11) is 0. The van der Waals surface area contributed by atoms with Gasteiger partial charge < -0.3 is 9.84 Å². The van der Waals surface area contributed by atoms with Gasteiger partial charge in [0.1, 0.15) is 23.8 Å². The highest BCUT2D eigenvalue weighted by atomic mass is 16.5. The van der Waals surface area contributed by atoms with Gasteiger partial charge in [0, 0.05) is 24.3 Å². The Bertz CT molecular complexity index is 593. The average Bonchev–Trinajstić information content (AvgIpc) is 2.53. The van der Waals surface area contributed by atoms with E-state index in [4.69, 9.17) is 4.74 Å². The molecule has 0 fully saturated rings. The van der Waals surface area contributed by atoms with Crippen molar-refractivity contribution in [2.24, 2.45) is 5.92 Å². The van der Waals surface area contributed by atoms with Crippen molar-refractivity contribution >= 4 is 11.6 Å². The molecule has 0 saturated heterocycles. The third kappa shape index (κ3) is 4.04. The SMILES string of the molecule is C/C=C/C1=CC2=C(CO1)C(=O)[C@](C)(O)[C@@H](CC(=O)CCCCC)C2. The molecule has 24 heavy (non-hydrogen) atoms. The van der Waals surface area contributed by atoms with E-state index in [1.165, 1.54) is 6.92 Å². The maximum atomic E-state index is 12.7. The fourth-order valence-corrected chi connectivity index (χ4v) is 3.38. The van der Waals surface area contributed by atoms with E-state index in [1.807, 2.05) is 25.2 Å². The van der Waals surface area contributed by atoms with Crippen molar-refractivity contribution in [1.82, 2.24) is 0 Å². The summed E-state index contributed by atoms with van der Waals surface area (Å²) in [5, 5.41) is 10.7. The van der Waals surface area contributed by atoms with Crippen LogP contribution in [0.2, 0.25) is 0 Å². The van der Waals surface area contributed by atoms with Crippen LogP contribution in [0.15, 0.2) is 35.1 Å². The van der Waals surface area contributed by atoms with Crippen LogP contribution in [-0.4, -0.2) is 28.9 Å². The first kappa shape index (κ1) is 18.7. The quantitative estimate of drug-likeness (QED) is 0.723. The monoisotopic (exact) mass is 332 g/mol. The summed E-state index contributed by atoms with van der Waals surface area (Å²) < 4.78 is 5.55. The van der Waals surface area contributed by atoms with E-state index in [9.17, 15) is 14.7 Å². The van der Waals surface area contributed by atoms with Crippen molar-refractivity contribution in [2.45, 2.75) is 64.9 Å². The molecule has 0 spiro atoms. The van der Waals surface area contributed by atoms with Crippen LogP contribution in [0.5, 0.6) is 0 Å². The van der Waals surface area contributed by atoms with Gasteiger partial charge in [-0.25, -0.2) is 0 Å². The first-order valence-corrected chi connectivity index (χ1v) is 8.88. The largest absolute Gasteiger partial charge is 0.489 e. The summed E-state index contributed by atoms with van der Waals surface area (Å²) >= 11 is 0. The Morgan fingerprint density at radius 2 is 2.21 bits per heavy atom. The second kappa shape index (κ2) is 7.93. The molecule has 0 aromatic rings. The van der Waals surface area contributed by atoms with Crippen molar-refractivity contribution in [2.75, 3.05) is 6.61 Å². The maximum Gasteiger partial charge on any atom is 0.194 e. The molecule has 1 aliphatic heterocycles. The third-order valence-electron chi connectivity index (χ3n) is 4.95. The number of allylic oxidation sites excluding steroid dienone is 4. The van der Waals surface area contributed by atoms with E-state index in [0.29, 0.717) is 18.4 Å². The minimum absolute atomic E-state index is 0.135. The Balaban J connectivity index is 2.15. The predicted octanol–water partition coefficient (Wildman–Crippen LogP) is 3.65. The highest BCUT2D eigenvalue weighted by Crippen LogP contribution is 2.40. The minimum atomic E-state index is -1.49. The van der Waals surface area contributed by atoms with E-state index in [-0.39, 0.29) is 30.5 Å². The van der Waals surface area contributed by atoms with Crippen LogP contribution < -0.4 is 0 Å². The molecular weight excluding hydrogens is 304 g/mol. The van der Waals surface area contributed by atoms with Gasteiger partial charge in [-0.3, -0.25) is 9.59 Å². The number of Topliss-reactive ketones (excluding diaryl/α,β-unsaturated/α-hetero) is 2. The van der Waals surface area contributed by atoms with Crippen molar-refractivity contribution in [1.29, 1.82) is 0 Å². The molecule has 0 aromatic heterocycles. The van der Waals surface area contributed by atoms with E-state index in [0.717, 1.165) is 30.6 Å². The van der Waals surface area contributed by atoms with Gasteiger partial charge in [0.25, 0.3) is 0 Å². The van der Waals surface area contributed by atoms with E-state index < -0.39 is 5.60 Å². The van der Waals surface area contributed by atoms with Gasteiger partial charge in [-0.1, -0.05) is 25.8 Å². The summed E-state index contributed by atoms with van der Waals surface area (Å²) in [6.07, 6.45) is 9.91. The van der Waals surface area contributed by atoms with Gasteiger partial charge in [-0.15, -0.1) is 0 Å². The van der Waals surface area contributed by atoms with E-state index in [1.54, 1.807) is 0 Å². The number of aliphatic hydroxyl groups is 1. The Labute approximate surface area is 144 Å². The lowest BCUT2D eigenvalue weighted by Gasteiger charge is -2.38. The Morgan fingerprint density at radius 1 is 1.46 bits per heavy atom. The standard InChI is InChI=1S/C20H28O4/c1-4-6-7-9-16(21)12-15-10-14-11-17(8-5-2)24-13-18(14)19(22)20(15,3)23/h5,8,11,15,23H,4,6-7,9-10,12-13H2,1-3H3/b8-5+/t15-,20-/m1/s1. The number of ketones is 2. The van der Waals surface area contributed by atoms with Gasteiger partial charge in [0.05, 0.1) is 0 Å². The van der Waals surface area contributed by atoms with E-state index >= 15 is 0 Å². The van der Waals surface area contributed by atoms with Crippen LogP contribution in [0, 0.1) is 5.92 Å². The van der Waals surface area contributed by atoms with Gasteiger partial charge in [0.2, 0.25) is 0 Å². The molecule has 2 rings (SSSR count). The zero-order chi connectivity index (χ0) is 17.7. The van der Waals surface area contributed by atoms with Gasteiger partial charge >= 0.3 is 0 Å². The summed E-state index contributed by atoms with van der Waals surface area (Å²) in [5.41, 5.74) is -0.0469. The highest BCUT2D eigenvalue weighted by molar-refractivity contribution is 6.04. The van der Waals surface area contributed by atoms with Gasteiger partial charge in [-0.05, 0) is 44.4 Å². The predicted molar refractivity (Wildman–Crippen MR) is 93.4 cm³/mol. The topological polar surface area (TPSA) is 63.6 Å². The number of rotatable bonds is 7. The average molecular weight is 332 g/mol. The second-order valence-corrected chi connectivity index (χ2v) is 6.92. The molecule has 1 aliphatic carbocycles. The first-order valence-electron chi connectivity index (χ1n) is 8.88. The van der Waals surface area contributed by atoms with Crippen molar-refractivity contribution in [3.63, 3.8) is 0 Å². The molecular formula is C20H28O4. The van der Waals surface area contributed by atoms with Gasteiger partial charge in [0.15, 0.2) is 5.78 Å². The number of ether oxygens (including phenoxy) is 1. The molecule has 4 nitrogen and oxygen atoms in total. The number of carbonyl (C=O) groups is 2. The van der Waals surface area contributed by atoms with Crippen LogP contribution in [0.4, 0.5) is 0 Å². The summed E-state index contributed by atoms with van der Waals surface area (Å²) in [4.78, 5) is 24.9. The molecule has 2 atom stereocenters. The Hall–Kier alpha value is -1.68. The highest BCUT2D eigenvalue weighted by Gasteiger charge is 2.46.